The Morgan fingerprint density at radius 1 is 1.30 bits per heavy atom. The molecule has 2 rings (SSSR count). The van der Waals surface area contributed by atoms with E-state index in [1.54, 1.807) is 6.07 Å². The molecule has 0 amide bonds. The third kappa shape index (κ3) is 4.44. The summed E-state index contributed by atoms with van der Waals surface area (Å²) in [7, 11) is 0. The van der Waals surface area contributed by atoms with E-state index in [9.17, 15) is 4.39 Å². The summed E-state index contributed by atoms with van der Waals surface area (Å²) in [6, 6.07) is 6.05. The second-order valence-corrected chi connectivity index (χ2v) is 5.45. The van der Waals surface area contributed by atoms with Gasteiger partial charge in [0.25, 0.3) is 0 Å². The van der Waals surface area contributed by atoms with Gasteiger partial charge in [-0.1, -0.05) is 31.9 Å². The van der Waals surface area contributed by atoms with Crippen LogP contribution in [0.2, 0.25) is 0 Å². The molecule has 4 heteroatoms. The zero-order valence-corrected chi connectivity index (χ0v) is 13.3. The molecule has 1 aliphatic rings. The molecule has 1 saturated heterocycles. The van der Waals surface area contributed by atoms with Crippen LogP contribution in [0.25, 0.3) is 0 Å². The monoisotopic (exact) mass is 300 g/mol. The number of unbranched alkanes of at least 4 members (excludes halogenated alkanes) is 1. The number of aryl methyl sites for hydroxylation is 1. The van der Waals surface area contributed by atoms with Crippen LogP contribution in [0, 0.1) is 12.7 Å². The number of nitrogens with zero attached hydrogens (tertiary/aromatic N) is 1. The van der Waals surface area contributed by atoms with Crippen molar-refractivity contribution in [2.75, 3.05) is 26.2 Å². The van der Waals surface area contributed by atoms with Crippen molar-refractivity contribution in [3.8, 4) is 0 Å². The van der Waals surface area contributed by atoms with Crippen LogP contribution in [-0.2, 0) is 0 Å². The SMILES string of the molecule is CCCC[C@@H](c1ccc(F)c(C)c1)N1CCNCC1.Cl. The molecule has 1 fully saturated rings. The minimum atomic E-state index is -0.0988. The van der Waals surface area contributed by atoms with Gasteiger partial charge in [-0.05, 0) is 30.5 Å². The van der Waals surface area contributed by atoms with Crippen molar-refractivity contribution in [2.24, 2.45) is 0 Å². The summed E-state index contributed by atoms with van der Waals surface area (Å²) in [5.74, 6) is -0.0988. The minimum absolute atomic E-state index is 0. The van der Waals surface area contributed by atoms with Crippen molar-refractivity contribution < 1.29 is 4.39 Å². The lowest BCUT2D eigenvalue weighted by atomic mass is 9.97. The van der Waals surface area contributed by atoms with E-state index in [1.807, 2.05) is 19.1 Å². The number of nitrogens with one attached hydrogen (secondary N) is 1. The highest BCUT2D eigenvalue weighted by molar-refractivity contribution is 5.85. The Balaban J connectivity index is 0.00000200. The van der Waals surface area contributed by atoms with Gasteiger partial charge in [-0.15, -0.1) is 12.4 Å². The first-order valence-electron chi connectivity index (χ1n) is 7.43. The van der Waals surface area contributed by atoms with E-state index >= 15 is 0 Å². The molecule has 0 radical (unpaired) electrons. The van der Waals surface area contributed by atoms with Crippen molar-refractivity contribution >= 4 is 12.4 Å². The van der Waals surface area contributed by atoms with Gasteiger partial charge in [0.05, 0.1) is 0 Å². The summed E-state index contributed by atoms with van der Waals surface area (Å²) in [4.78, 5) is 2.54. The first-order chi connectivity index (χ1) is 9.22. The molecule has 1 N–H and O–H groups in total. The summed E-state index contributed by atoms with van der Waals surface area (Å²) in [6.07, 6.45) is 3.61. The third-order valence-electron chi connectivity index (χ3n) is 3.99. The Hall–Kier alpha value is -0.640. The van der Waals surface area contributed by atoms with Gasteiger partial charge in [-0.2, -0.15) is 0 Å². The third-order valence-corrected chi connectivity index (χ3v) is 3.99. The van der Waals surface area contributed by atoms with Gasteiger partial charge in [-0.25, -0.2) is 4.39 Å². The zero-order chi connectivity index (χ0) is 13.7. The fraction of sp³-hybridized carbons (Fsp3) is 0.625. The van der Waals surface area contributed by atoms with E-state index < -0.39 is 0 Å². The standard InChI is InChI=1S/C16H25FN2.ClH/c1-3-4-5-16(19-10-8-18-9-11-19)14-6-7-15(17)13(2)12-14;/h6-7,12,16,18H,3-5,8-11H2,1-2H3;1H/t16-;/m0./s1. The lowest BCUT2D eigenvalue weighted by Crippen LogP contribution is -2.45. The highest BCUT2D eigenvalue weighted by atomic mass is 35.5. The molecule has 1 aromatic rings. The van der Waals surface area contributed by atoms with Gasteiger partial charge in [0.2, 0.25) is 0 Å². The normalized spacial score (nSPS) is 17.6. The summed E-state index contributed by atoms with van der Waals surface area (Å²) < 4.78 is 13.4. The summed E-state index contributed by atoms with van der Waals surface area (Å²) >= 11 is 0. The molecule has 2 nitrogen and oxygen atoms in total. The quantitative estimate of drug-likeness (QED) is 0.892. The number of benzene rings is 1. The molecular weight excluding hydrogens is 275 g/mol. The van der Waals surface area contributed by atoms with Gasteiger partial charge in [-0.3, -0.25) is 4.90 Å². The van der Waals surface area contributed by atoms with Gasteiger partial charge in [0, 0.05) is 32.2 Å². The largest absolute Gasteiger partial charge is 0.314 e. The topological polar surface area (TPSA) is 15.3 Å². The summed E-state index contributed by atoms with van der Waals surface area (Å²) in [5.41, 5.74) is 2.03. The van der Waals surface area contributed by atoms with Crippen LogP contribution < -0.4 is 5.32 Å². The average Bonchev–Trinajstić information content (AvgIpc) is 2.44. The molecular formula is C16H26ClFN2. The van der Waals surface area contributed by atoms with E-state index in [0.717, 1.165) is 31.7 Å². The lowest BCUT2D eigenvalue weighted by molar-refractivity contribution is 0.163. The molecule has 20 heavy (non-hydrogen) atoms. The summed E-state index contributed by atoms with van der Waals surface area (Å²) in [5, 5.41) is 3.40. The number of piperazine rings is 1. The number of halogens is 2. The first kappa shape index (κ1) is 17.4. The number of hydrogen-bond acceptors (Lipinski definition) is 2. The zero-order valence-electron chi connectivity index (χ0n) is 12.5. The van der Waals surface area contributed by atoms with Crippen molar-refractivity contribution in [3.05, 3.63) is 35.1 Å². The van der Waals surface area contributed by atoms with Crippen molar-refractivity contribution in [1.82, 2.24) is 10.2 Å². The first-order valence-corrected chi connectivity index (χ1v) is 7.43. The van der Waals surface area contributed by atoms with E-state index in [1.165, 1.54) is 24.8 Å². The fourth-order valence-electron chi connectivity index (χ4n) is 2.83. The van der Waals surface area contributed by atoms with Crippen molar-refractivity contribution in [1.29, 1.82) is 0 Å². The maximum absolute atomic E-state index is 13.4. The van der Waals surface area contributed by atoms with E-state index in [0.29, 0.717) is 6.04 Å². The van der Waals surface area contributed by atoms with Crippen LogP contribution >= 0.6 is 12.4 Å². The Morgan fingerprint density at radius 2 is 2.00 bits per heavy atom. The van der Waals surface area contributed by atoms with Gasteiger partial charge < -0.3 is 5.32 Å². The van der Waals surface area contributed by atoms with E-state index in [2.05, 4.69) is 17.1 Å². The molecule has 0 aromatic heterocycles. The maximum atomic E-state index is 13.4. The smallest absolute Gasteiger partial charge is 0.126 e. The van der Waals surface area contributed by atoms with Crippen molar-refractivity contribution in [2.45, 2.75) is 39.2 Å². The second-order valence-electron chi connectivity index (χ2n) is 5.45. The minimum Gasteiger partial charge on any atom is -0.314 e. The Bertz CT molecular complexity index is 405. The van der Waals surface area contributed by atoms with Crippen LogP contribution in [0.4, 0.5) is 4.39 Å². The predicted octanol–water partition coefficient (Wildman–Crippen LogP) is 3.69. The van der Waals surface area contributed by atoms with Gasteiger partial charge >= 0.3 is 0 Å². The molecule has 114 valence electrons. The molecule has 0 unspecified atom stereocenters. The highest BCUT2D eigenvalue weighted by Crippen LogP contribution is 2.28. The maximum Gasteiger partial charge on any atom is 0.126 e. The second kappa shape index (κ2) is 8.60. The Morgan fingerprint density at radius 3 is 2.60 bits per heavy atom. The molecule has 0 saturated carbocycles. The molecule has 1 heterocycles. The van der Waals surface area contributed by atoms with E-state index in [-0.39, 0.29) is 18.2 Å². The fourth-order valence-corrected chi connectivity index (χ4v) is 2.83. The molecule has 1 atom stereocenters. The predicted molar refractivity (Wildman–Crippen MR) is 85.1 cm³/mol. The Labute approximate surface area is 128 Å². The van der Waals surface area contributed by atoms with E-state index in [4.69, 9.17) is 0 Å². The van der Waals surface area contributed by atoms with Gasteiger partial charge in [0.15, 0.2) is 0 Å². The van der Waals surface area contributed by atoms with Crippen LogP contribution in [-0.4, -0.2) is 31.1 Å². The number of rotatable bonds is 5. The lowest BCUT2D eigenvalue weighted by Gasteiger charge is -2.35. The van der Waals surface area contributed by atoms with Crippen LogP contribution in [0.3, 0.4) is 0 Å². The van der Waals surface area contributed by atoms with Crippen LogP contribution in [0.15, 0.2) is 18.2 Å². The number of hydrogen-bond donors (Lipinski definition) is 1. The molecule has 0 bridgehead atoms. The molecule has 1 aliphatic heterocycles. The molecule has 1 aromatic carbocycles. The highest BCUT2D eigenvalue weighted by Gasteiger charge is 2.21. The average molecular weight is 301 g/mol. The van der Waals surface area contributed by atoms with Crippen molar-refractivity contribution in [3.63, 3.8) is 0 Å². The molecule has 0 aliphatic carbocycles. The molecule has 0 spiro atoms. The van der Waals surface area contributed by atoms with Crippen LogP contribution in [0.1, 0.15) is 43.4 Å². The van der Waals surface area contributed by atoms with Gasteiger partial charge in [0.1, 0.15) is 5.82 Å². The van der Waals surface area contributed by atoms with Crippen LogP contribution in [0.5, 0.6) is 0 Å². The summed E-state index contributed by atoms with van der Waals surface area (Å²) in [6.45, 7) is 8.37. The Kier molecular flexibility index (Phi) is 7.49.